The normalized spacial score (nSPS) is 14.5. The van der Waals surface area contributed by atoms with Gasteiger partial charge in [-0.3, -0.25) is 4.79 Å². The van der Waals surface area contributed by atoms with Gasteiger partial charge >= 0.3 is 0 Å². The van der Waals surface area contributed by atoms with Gasteiger partial charge in [-0.25, -0.2) is 4.39 Å². The Labute approximate surface area is 133 Å². The number of halogens is 2. The average Bonchev–Trinajstić information content (AvgIpc) is 2.93. The lowest BCUT2D eigenvalue weighted by atomic mass is 10.2. The Kier molecular flexibility index (Phi) is 4.29. The molecule has 0 unspecified atom stereocenters. The van der Waals surface area contributed by atoms with E-state index in [1.54, 1.807) is 11.0 Å². The van der Waals surface area contributed by atoms with E-state index in [9.17, 15) is 9.18 Å². The highest BCUT2D eigenvalue weighted by molar-refractivity contribution is 6.31. The monoisotopic (exact) mass is 319 g/mol. The lowest BCUT2D eigenvalue weighted by Gasteiger charge is -2.16. The van der Waals surface area contributed by atoms with E-state index >= 15 is 0 Å². The molecule has 0 bridgehead atoms. The van der Waals surface area contributed by atoms with E-state index in [-0.39, 0.29) is 18.3 Å². The minimum Gasteiger partial charge on any atom is -0.489 e. The van der Waals surface area contributed by atoms with Gasteiger partial charge in [0.25, 0.3) is 0 Å². The number of rotatable bonds is 4. The van der Waals surface area contributed by atoms with Gasteiger partial charge in [-0.1, -0.05) is 17.7 Å². The van der Waals surface area contributed by atoms with Crippen molar-refractivity contribution in [2.75, 3.05) is 11.4 Å². The van der Waals surface area contributed by atoms with Crippen LogP contribution in [0.1, 0.15) is 18.4 Å². The first-order valence-corrected chi connectivity index (χ1v) is 7.48. The third kappa shape index (κ3) is 3.22. The topological polar surface area (TPSA) is 29.5 Å². The number of nitrogens with zero attached hydrogens (tertiary/aromatic N) is 1. The molecule has 0 spiro atoms. The molecular weight excluding hydrogens is 305 g/mol. The minimum absolute atomic E-state index is 0.159. The van der Waals surface area contributed by atoms with Gasteiger partial charge in [0.1, 0.15) is 18.2 Å². The average molecular weight is 320 g/mol. The van der Waals surface area contributed by atoms with E-state index < -0.39 is 0 Å². The number of hydrogen-bond acceptors (Lipinski definition) is 2. The van der Waals surface area contributed by atoms with E-state index in [0.717, 1.165) is 24.2 Å². The smallest absolute Gasteiger partial charge is 0.227 e. The van der Waals surface area contributed by atoms with Crippen LogP contribution in [0, 0.1) is 5.82 Å². The van der Waals surface area contributed by atoms with Crippen molar-refractivity contribution in [1.29, 1.82) is 0 Å². The fourth-order valence-corrected chi connectivity index (χ4v) is 2.67. The molecule has 1 aliphatic rings. The highest BCUT2D eigenvalue weighted by Crippen LogP contribution is 2.25. The Morgan fingerprint density at radius 2 is 1.95 bits per heavy atom. The first-order chi connectivity index (χ1) is 10.6. The van der Waals surface area contributed by atoms with Gasteiger partial charge in [0.15, 0.2) is 0 Å². The Balaban J connectivity index is 1.65. The summed E-state index contributed by atoms with van der Waals surface area (Å²) in [6.07, 6.45) is 1.52. The van der Waals surface area contributed by atoms with Crippen LogP contribution in [0.25, 0.3) is 0 Å². The molecule has 2 aromatic rings. The summed E-state index contributed by atoms with van der Waals surface area (Å²) in [5, 5.41) is 0.347. The van der Waals surface area contributed by atoms with Gasteiger partial charge in [0, 0.05) is 24.2 Å². The van der Waals surface area contributed by atoms with E-state index in [1.807, 2.05) is 24.3 Å². The molecule has 22 heavy (non-hydrogen) atoms. The van der Waals surface area contributed by atoms with Gasteiger partial charge in [-0.05, 0) is 42.8 Å². The zero-order valence-corrected chi connectivity index (χ0v) is 12.6. The molecule has 0 atom stereocenters. The summed E-state index contributed by atoms with van der Waals surface area (Å²) < 4.78 is 18.6. The van der Waals surface area contributed by atoms with Crippen molar-refractivity contribution < 1.29 is 13.9 Å². The van der Waals surface area contributed by atoms with E-state index in [4.69, 9.17) is 16.3 Å². The van der Waals surface area contributed by atoms with Crippen molar-refractivity contribution in [3.05, 3.63) is 58.9 Å². The molecule has 3 rings (SSSR count). The third-order valence-electron chi connectivity index (χ3n) is 3.63. The van der Waals surface area contributed by atoms with Crippen LogP contribution >= 0.6 is 11.6 Å². The molecule has 0 saturated carbocycles. The Hall–Kier alpha value is -2.07. The molecule has 1 heterocycles. The van der Waals surface area contributed by atoms with Gasteiger partial charge in [0.05, 0.1) is 5.02 Å². The predicted octanol–water partition coefficient (Wildman–Crippen LogP) is 4.18. The molecule has 0 N–H and O–H groups in total. The summed E-state index contributed by atoms with van der Waals surface area (Å²) in [6.45, 7) is 1.03. The van der Waals surface area contributed by atoms with Crippen molar-refractivity contribution in [2.24, 2.45) is 0 Å². The molecule has 2 aromatic carbocycles. The standard InChI is InChI=1S/C17H15ClFNO2/c18-16-10-13(19)4-3-12(16)11-22-15-7-5-14(6-8-15)20-9-1-2-17(20)21/h3-8,10H,1-2,9,11H2. The zero-order chi connectivity index (χ0) is 15.5. The van der Waals surface area contributed by atoms with Crippen molar-refractivity contribution in [3.63, 3.8) is 0 Å². The largest absolute Gasteiger partial charge is 0.489 e. The first-order valence-electron chi connectivity index (χ1n) is 7.10. The van der Waals surface area contributed by atoms with Gasteiger partial charge in [-0.15, -0.1) is 0 Å². The zero-order valence-electron chi connectivity index (χ0n) is 11.9. The molecule has 1 saturated heterocycles. The third-order valence-corrected chi connectivity index (χ3v) is 3.98. The number of carbonyl (C=O) groups excluding carboxylic acids is 1. The van der Waals surface area contributed by atoms with Gasteiger partial charge in [-0.2, -0.15) is 0 Å². The van der Waals surface area contributed by atoms with Crippen LogP contribution in [0.2, 0.25) is 5.02 Å². The first kappa shape index (κ1) is 14.9. The molecule has 1 amide bonds. The Bertz CT molecular complexity index is 688. The maximum atomic E-state index is 13.0. The molecular formula is C17H15ClFNO2. The molecule has 0 aromatic heterocycles. The number of carbonyl (C=O) groups is 1. The molecule has 1 aliphatic heterocycles. The highest BCUT2D eigenvalue weighted by atomic mass is 35.5. The molecule has 5 heteroatoms. The summed E-state index contributed by atoms with van der Waals surface area (Å²) in [5.74, 6) is 0.468. The summed E-state index contributed by atoms with van der Waals surface area (Å²) in [4.78, 5) is 13.5. The molecule has 114 valence electrons. The lowest BCUT2D eigenvalue weighted by molar-refractivity contribution is -0.117. The van der Waals surface area contributed by atoms with Crippen molar-refractivity contribution >= 4 is 23.2 Å². The molecule has 0 radical (unpaired) electrons. The van der Waals surface area contributed by atoms with Crippen LogP contribution in [0.3, 0.4) is 0 Å². The molecule has 3 nitrogen and oxygen atoms in total. The van der Waals surface area contributed by atoms with Crippen molar-refractivity contribution in [2.45, 2.75) is 19.4 Å². The SMILES string of the molecule is O=C1CCCN1c1ccc(OCc2ccc(F)cc2Cl)cc1. The quantitative estimate of drug-likeness (QED) is 0.846. The number of benzene rings is 2. The van der Waals surface area contributed by atoms with Crippen LogP contribution in [0.15, 0.2) is 42.5 Å². The molecule has 1 fully saturated rings. The summed E-state index contributed by atoms with van der Waals surface area (Å²) in [6, 6.07) is 11.6. The fourth-order valence-electron chi connectivity index (χ4n) is 2.44. The van der Waals surface area contributed by atoms with Crippen LogP contribution in [0.4, 0.5) is 10.1 Å². The van der Waals surface area contributed by atoms with Crippen LogP contribution in [-0.2, 0) is 11.4 Å². The van der Waals surface area contributed by atoms with E-state index in [1.165, 1.54) is 12.1 Å². The predicted molar refractivity (Wildman–Crippen MR) is 83.8 cm³/mol. The number of amides is 1. The van der Waals surface area contributed by atoms with Crippen molar-refractivity contribution in [3.8, 4) is 5.75 Å². The highest BCUT2D eigenvalue weighted by Gasteiger charge is 2.21. The number of anilines is 1. The number of hydrogen-bond donors (Lipinski definition) is 0. The minimum atomic E-state index is -0.367. The van der Waals surface area contributed by atoms with E-state index in [0.29, 0.717) is 17.2 Å². The maximum absolute atomic E-state index is 13.0. The van der Waals surface area contributed by atoms with Crippen LogP contribution in [0.5, 0.6) is 5.75 Å². The van der Waals surface area contributed by atoms with Gasteiger partial charge in [0.2, 0.25) is 5.91 Å². The van der Waals surface area contributed by atoms with Crippen molar-refractivity contribution in [1.82, 2.24) is 0 Å². The fraction of sp³-hybridized carbons (Fsp3) is 0.235. The van der Waals surface area contributed by atoms with E-state index in [2.05, 4.69) is 0 Å². The molecule has 0 aliphatic carbocycles. The van der Waals surface area contributed by atoms with Crippen LogP contribution in [-0.4, -0.2) is 12.5 Å². The number of ether oxygens (including phenoxy) is 1. The second-order valence-corrected chi connectivity index (χ2v) is 5.57. The van der Waals surface area contributed by atoms with Gasteiger partial charge < -0.3 is 9.64 Å². The lowest BCUT2D eigenvalue weighted by Crippen LogP contribution is -2.23. The van der Waals surface area contributed by atoms with Crippen LogP contribution < -0.4 is 9.64 Å². The summed E-state index contributed by atoms with van der Waals surface area (Å²) in [5.41, 5.74) is 1.61. The summed E-state index contributed by atoms with van der Waals surface area (Å²) >= 11 is 5.96. The Morgan fingerprint density at radius 1 is 1.18 bits per heavy atom. The second kappa shape index (κ2) is 6.36. The Morgan fingerprint density at radius 3 is 2.59 bits per heavy atom. The summed E-state index contributed by atoms with van der Waals surface area (Å²) in [7, 11) is 0. The second-order valence-electron chi connectivity index (χ2n) is 5.17. The maximum Gasteiger partial charge on any atom is 0.227 e.